The fourth-order valence-corrected chi connectivity index (χ4v) is 0.935. The van der Waals surface area contributed by atoms with Crippen molar-refractivity contribution < 1.29 is 9.47 Å². The van der Waals surface area contributed by atoms with Crippen LogP contribution >= 0.6 is 0 Å². The molecule has 0 rings (SSSR count). The van der Waals surface area contributed by atoms with E-state index in [1.807, 2.05) is 6.92 Å². The van der Waals surface area contributed by atoms with Gasteiger partial charge in [0.25, 0.3) is 0 Å². The van der Waals surface area contributed by atoms with E-state index in [-0.39, 0.29) is 6.29 Å². The quantitative estimate of drug-likeness (QED) is 0.561. The zero-order chi connectivity index (χ0) is 11.0. The van der Waals surface area contributed by atoms with Gasteiger partial charge in [-0.3, -0.25) is 0 Å². The predicted octanol–water partition coefficient (Wildman–Crippen LogP) is 3.46. The van der Waals surface area contributed by atoms with Crippen LogP contribution in [0.2, 0.25) is 0 Å². The van der Waals surface area contributed by atoms with E-state index in [2.05, 4.69) is 27.7 Å². The van der Waals surface area contributed by atoms with Gasteiger partial charge in [0.1, 0.15) is 0 Å². The van der Waals surface area contributed by atoms with E-state index in [0.29, 0.717) is 11.8 Å². The number of rotatable bonds is 8. The summed E-state index contributed by atoms with van der Waals surface area (Å²) in [4.78, 5) is 0. The molecule has 2 heteroatoms. The second-order valence-corrected chi connectivity index (χ2v) is 4.47. The van der Waals surface area contributed by atoms with Gasteiger partial charge in [-0.2, -0.15) is 0 Å². The summed E-state index contributed by atoms with van der Waals surface area (Å²) >= 11 is 0. The summed E-state index contributed by atoms with van der Waals surface area (Å²) in [5.74, 6) is 1.34. The van der Waals surface area contributed by atoms with Gasteiger partial charge in [0.05, 0.1) is 6.61 Å². The van der Waals surface area contributed by atoms with Crippen molar-refractivity contribution in [2.24, 2.45) is 11.8 Å². The van der Waals surface area contributed by atoms with Crippen molar-refractivity contribution in [2.75, 3.05) is 13.2 Å². The molecule has 0 spiro atoms. The Bertz CT molecular complexity index is 123. The lowest BCUT2D eigenvalue weighted by atomic mass is 10.1. The molecule has 0 aliphatic rings. The highest BCUT2D eigenvalue weighted by atomic mass is 16.7. The van der Waals surface area contributed by atoms with E-state index < -0.39 is 0 Å². The van der Waals surface area contributed by atoms with Crippen molar-refractivity contribution in [3.05, 3.63) is 0 Å². The normalized spacial score (nSPS) is 15.9. The van der Waals surface area contributed by atoms with Crippen LogP contribution in [0.1, 0.15) is 47.5 Å². The lowest BCUT2D eigenvalue weighted by Gasteiger charge is -2.17. The molecular weight excluding hydrogens is 176 g/mol. The van der Waals surface area contributed by atoms with Crippen LogP contribution in [-0.2, 0) is 9.47 Å². The Labute approximate surface area is 89.0 Å². The monoisotopic (exact) mass is 202 g/mol. The Morgan fingerprint density at radius 2 is 1.64 bits per heavy atom. The lowest BCUT2D eigenvalue weighted by Crippen LogP contribution is -2.18. The maximum atomic E-state index is 5.55. The molecule has 0 heterocycles. The minimum Gasteiger partial charge on any atom is -0.353 e. The van der Waals surface area contributed by atoms with Crippen molar-refractivity contribution in [1.29, 1.82) is 0 Å². The van der Waals surface area contributed by atoms with E-state index in [1.54, 1.807) is 0 Å². The third-order valence-corrected chi connectivity index (χ3v) is 2.36. The van der Waals surface area contributed by atoms with Crippen LogP contribution in [0.5, 0.6) is 0 Å². The van der Waals surface area contributed by atoms with Gasteiger partial charge in [0, 0.05) is 6.61 Å². The minimum atomic E-state index is -0.0530. The second kappa shape index (κ2) is 8.25. The van der Waals surface area contributed by atoms with Crippen LogP contribution in [0.25, 0.3) is 0 Å². The summed E-state index contributed by atoms with van der Waals surface area (Å²) in [7, 11) is 0. The first-order valence-electron chi connectivity index (χ1n) is 5.79. The first kappa shape index (κ1) is 13.9. The fraction of sp³-hybridized carbons (Fsp3) is 1.00. The van der Waals surface area contributed by atoms with Crippen LogP contribution in [0.3, 0.4) is 0 Å². The maximum Gasteiger partial charge on any atom is 0.154 e. The van der Waals surface area contributed by atoms with Crippen LogP contribution in [0, 0.1) is 11.8 Å². The van der Waals surface area contributed by atoms with E-state index in [4.69, 9.17) is 9.47 Å². The molecule has 2 nitrogen and oxygen atoms in total. The molecule has 0 aromatic carbocycles. The average molecular weight is 202 g/mol. The molecule has 2 unspecified atom stereocenters. The first-order chi connectivity index (χ1) is 6.56. The molecule has 86 valence electrons. The van der Waals surface area contributed by atoms with Gasteiger partial charge in [-0.05, 0) is 25.2 Å². The topological polar surface area (TPSA) is 18.5 Å². The highest BCUT2D eigenvalue weighted by Crippen LogP contribution is 2.05. The van der Waals surface area contributed by atoms with Gasteiger partial charge in [0.2, 0.25) is 0 Å². The molecule has 0 aromatic heterocycles. The van der Waals surface area contributed by atoms with Crippen molar-refractivity contribution in [3.8, 4) is 0 Å². The molecule has 14 heavy (non-hydrogen) atoms. The molecule has 0 aliphatic carbocycles. The minimum absolute atomic E-state index is 0.0530. The van der Waals surface area contributed by atoms with Crippen molar-refractivity contribution in [1.82, 2.24) is 0 Å². The van der Waals surface area contributed by atoms with Crippen molar-refractivity contribution in [3.63, 3.8) is 0 Å². The van der Waals surface area contributed by atoms with Crippen molar-refractivity contribution >= 4 is 0 Å². The molecule has 0 radical (unpaired) electrons. The SMILES string of the molecule is CCC(C)COC(C)OCCC(C)C. The number of hydrogen-bond donors (Lipinski definition) is 0. The highest BCUT2D eigenvalue weighted by Gasteiger charge is 2.05. The molecule has 2 atom stereocenters. The summed E-state index contributed by atoms with van der Waals surface area (Å²) < 4.78 is 11.1. The van der Waals surface area contributed by atoms with Crippen molar-refractivity contribution in [2.45, 2.75) is 53.8 Å². The molecule has 0 aromatic rings. The molecule has 0 fully saturated rings. The van der Waals surface area contributed by atoms with E-state index in [0.717, 1.165) is 19.6 Å². The smallest absolute Gasteiger partial charge is 0.154 e. The van der Waals surface area contributed by atoms with Crippen LogP contribution in [0.15, 0.2) is 0 Å². The second-order valence-electron chi connectivity index (χ2n) is 4.47. The Kier molecular flexibility index (Phi) is 8.20. The molecule has 0 bridgehead atoms. The standard InChI is InChI=1S/C12H26O2/c1-6-11(4)9-14-12(5)13-8-7-10(2)3/h10-12H,6-9H2,1-5H3. The van der Waals surface area contributed by atoms with E-state index >= 15 is 0 Å². The lowest BCUT2D eigenvalue weighted by molar-refractivity contribution is -0.139. The summed E-state index contributed by atoms with van der Waals surface area (Å²) in [6, 6.07) is 0. The summed E-state index contributed by atoms with van der Waals surface area (Å²) in [6.07, 6.45) is 2.22. The Balaban J connectivity index is 3.32. The predicted molar refractivity (Wildman–Crippen MR) is 60.3 cm³/mol. The van der Waals surface area contributed by atoms with Gasteiger partial charge in [-0.25, -0.2) is 0 Å². The largest absolute Gasteiger partial charge is 0.353 e. The molecule has 0 amide bonds. The Morgan fingerprint density at radius 3 is 2.14 bits per heavy atom. The van der Waals surface area contributed by atoms with Gasteiger partial charge in [0.15, 0.2) is 6.29 Å². The van der Waals surface area contributed by atoms with E-state index in [9.17, 15) is 0 Å². The number of hydrogen-bond acceptors (Lipinski definition) is 2. The van der Waals surface area contributed by atoms with Gasteiger partial charge in [-0.1, -0.05) is 34.1 Å². The van der Waals surface area contributed by atoms with Gasteiger partial charge >= 0.3 is 0 Å². The van der Waals surface area contributed by atoms with Gasteiger partial charge < -0.3 is 9.47 Å². The first-order valence-corrected chi connectivity index (χ1v) is 5.79. The van der Waals surface area contributed by atoms with Crippen LogP contribution in [0.4, 0.5) is 0 Å². The number of ether oxygens (including phenoxy) is 2. The fourth-order valence-electron chi connectivity index (χ4n) is 0.935. The zero-order valence-corrected chi connectivity index (χ0v) is 10.4. The average Bonchev–Trinajstić information content (AvgIpc) is 2.13. The maximum absolute atomic E-state index is 5.55. The highest BCUT2D eigenvalue weighted by molar-refractivity contribution is 4.47. The van der Waals surface area contributed by atoms with Gasteiger partial charge in [-0.15, -0.1) is 0 Å². The third kappa shape index (κ3) is 8.52. The molecule has 0 saturated heterocycles. The zero-order valence-electron chi connectivity index (χ0n) is 10.4. The van der Waals surface area contributed by atoms with Crippen LogP contribution in [-0.4, -0.2) is 19.5 Å². The molecular formula is C12H26O2. The summed E-state index contributed by atoms with van der Waals surface area (Å²) in [5.41, 5.74) is 0. The van der Waals surface area contributed by atoms with Crippen LogP contribution < -0.4 is 0 Å². The molecule has 0 saturated carbocycles. The third-order valence-electron chi connectivity index (χ3n) is 2.36. The Hall–Kier alpha value is -0.0800. The Morgan fingerprint density at radius 1 is 1.00 bits per heavy atom. The van der Waals surface area contributed by atoms with E-state index in [1.165, 1.54) is 6.42 Å². The molecule has 0 aliphatic heterocycles. The molecule has 0 N–H and O–H groups in total. The summed E-state index contributed by atoms with van der Waals surface area (Å²) in [5, 5.41) is 0. The summed E-state index contributed by atoms with van der Waals surface area (Å²) in [6.45, 7) is 12.4.